The Balaban J connectivity index is 2.07. The summed E-state index contributed by atoms with van der Waals surface area (Å²) in [5.41, 5.74) is 0.467. The lowest BCUT2D eigenvalue weighted by molar-refractivity contribution is 0.0607. The maximum atomic E-state index is 13.2. The van der Waals surface area contributed by atoms with Crippen LogP contribution in [-0.2, 0) is 12.8 Å². The van der Waals surface area contributed by atoms with Crippen LogP contribution in [0, 0.1) is 11.6 Å². The zero-order valence-electron chi connectivity index (χ0n) is 12.1. The summed E-state index contributed by atoms with van der Waals surface area (Å²) >= 11 is 0. The number of aliphatic hydroxyl groups is 1. The quantitative estimate of drug-likeness (QED) is 0.914. The molecule has 0 radical (unpaired) electrons. The van der Waals surface area contributed by atoms with E-state index >= 15 is 0 Å². The first kappa shape index (κ1) is 15.4. The van der Waals surface area contributed by atoms with Crippen LogP contribution in [0.2, 0.25) is 0 Å². The minimum Gasteiger partial charge on any atom is -0.497 e. The molecule has 0 spiro atoms. The number of hydrogen-bond donors (Lipinski definition) is 1. The van der Waals surface area contributed by atoms with E-state index in [4.69, 9.17) is 4.74 Å². The molecule has 0 saturated heterocycles. The molecule has 4 heteroatoms. The molecule has 0 aliphatic rings. The average Bonchev–Trinajstić information content (AvgIpc) is 2.43. The Morgan fingerprint density at radius 3 is 2.10 bits per heavy atom. The predicted octanol–water partition coefficient (Wildman–Crippen LogP) is 3.51. The first-order chi connectivity index (χ1) is 9.89. The highest BCUT2D eigenvalue weighted by atomic mass is 19.2. The van der Waals surface area contributed by atoms with E-state index in [2.05, 4.69) is 0 Å². The molecule has 1 N–H and O–H groups in total. The maximum Gasteiger partial charge on any atom is 0.159 e. The van der Waals surface area contributed by atoms with Crippen molar-refractivity contribution in [2.24, 2.45) is 0 Å². The number of ether oxygens (including phenoxy) is 1. The van der Waals surface area contributed by atoms with Gasteiger partial charge in [0, 0.05) is 12.8 Å². The molecule has 112 valence electrons. The molecule has 2 nitrogen and oxygen atoms in total. The van der Waals surface area contributed by atoms with Gasteiger partial charge in [0.1, 0.15) is 5.75 Å². The zero-order valence-corrected chi connectivity index (χ0v) is 12.1. The van der Waals surface area contributed by atoms with Crippen molar-refractivity contribution in [3.63, 3.8) is 0 Å². The van der Waals surface area contributed by atoms with Crippen LogP contribution in [0.4, 0.5) is 8.78 Å². The highest BCUT2D eigenvalue weighted by Crippen LogP contribution is 2.21. The highest BCUT2D eigenvalue weighted by molar-refractivity contribution is 5.28. The summed E-state index contributed by atoms with van der Waals surface area (Å²) in [6.07, 6.45) is 0.659. The molecule has 0 heterocycles. The van der Waals surface area contributed by atoms with Gasteiger partial charge >= 0.3 is 0 Å². The van der Waals surface area contributed by atoms with E-state index in [0.717, 1.165) is 23.4 Å². The largest absolute Gasteiger partial charge is 0.497 e. The molecule has 2 aromatic rings. The van der Waals surface area contributed by atoms with Gasteiger partial charge in [0.15, 0.2) is 11.6 Å². The first-order valence-corrected chi connectivity index (χ1v) is 6.69. The number of halogens is 2. The van der Waals surface area contributed by atoms with Crippen LogP contribution in [0.1, 0.15) is 18.1 Å². The molecule has 21 heavy (non-hydrogen) atoms. The topological polar surface area (TPSA) is 29.5 Å². The van der Waals surface area contributed by atoms with Gasteiger partial charge in [0.25, 0.3) is 0 Å². The molecule has 0 aliphatic heterocycles. The molecule has 0 aliphatic carbocycles. The fourth-order valence-corrected chi connectivity index (χ4v) is 2.33. The third-order valence-electron chi connectivity index (χ3n) is 3.31. The minimum absolute atomic E-state index is 0.246. The van der Waals surface area contributed by atoms with Crippen molar-refractivity contribution in [1.29, 1.82) is 0 Å². The Labute approximate surface area is 123 Å². The van der Waals surface area contributed by atoms with Crippen LogP contribution in [0.15, 0.2) is 42.5 Å². The van der Waals surface area contributed by atoms with E-state index in [9.17, 15) is 13.9 Å². The van der Waals surface area contributed by atoms with Gasteiger partial charge in [-0.1, -0.05) is 18.2 Å². The third kappa shape index (κ3) is 4.26. The molecule has 1 unspecified atom stereocenters. The van der Waals surface area contributed by atoms with Gasteiger partial charge in [-0.05, 0) is 42.3 Å². The predicted molar refractivity (Wildman–Crippen MR) is 77.4 cm³/mol. The van der Waals surface area contributed by atoms with Gasteiger partial charge in [-0.2, -0.15) is 0 Å². The SMILES string of the molecule is COc1ccc(CC(C)(O)Cc2ccc(F)c(F)c2)cc1. The summed E-state index contributed by atoms with van der Waals surface area (Å²) in [5, 5.41) is 10.5. The number of benzene rings is 2. The van der Waals surface area contributed by atoms with Gasteiger partial charge in [-0.3, -0.25) is 0 Å². The molecule has 1 atom stereocenters. The second-order valence-corrected chi connectivity index (χ2v) is 5.45. The van der Waals surface area contributed by atoms with E-state index < -0.39 is 17.2 Å². The Kier molecular flexibility index (Phi) is 4.58. The number of hydrogen-bond acceptors (Lipinski definition) is 2. The second-order valence-electron chi connectivity index (χ2n) is 5.45. The summed E-state index contributed by atoms with van der Waals surface area (Å²) in [6.45, 7) is 1.68. The molecule has 0 saturated carbocycles. The number of methoxy groups -OCH3 is 1. The van der Waals surface area contributed by atoms with Crippen LogP contribution in [0.25, 0.3) is 0 Å². The molecule has 0 fully saturated rings. The number of rotatable bonds is 5. The van der Waals surface area contributed by atoms with Gasteiger partial charge in [0.2, 0.25) is 0 Å². The molecule has 0 bridgehead atoms. The zero-order chi connectivity index (χ0) is 15.5. The summed E-state index contributed by atoms with van der Waals surface area (Å²) in [6, 6.07) is 11.1. The fraction of sp³-hybridized carbons (Fsp3) is 0.294. The van der Waals surface area contributed by atoms with E-state index in [1.165, 1.54) is 6.07 Å². The highest BCUT2D eigenvalue weighted by Gasteiger charge is 2.22. The average molecular weight is 292 g/mol. The van der Waals surface area contributed by atoms with Gasteiger partial charge < -0.3 is 9.84 Å². The van der Waals surface area contributed by atoms with E-state index in [1.807, 2.05) is 24.3 Å². The summed E-state index contributed by atoms with van der Waals surface area (Å²) < 4.78 is 31.2. The van der Waals surface area contributed by atoms with E-state index in [1.54, 1.807) is 14.0 Å². The van der Waals surface area contributed by atoms with Crippen molar-refractivity contribution < 1.29 is 18.6 Å². The van der Waals surface area contributed by atoms with Crippen molar-refractivity contribution in [1.82, 2.24) is 0 Å². The monoisotopic (exact) mass is 292 g/mol. The van der Waals surface area contributed by atoms with Crippen molar-refractivity contribution >= 4 is 0 Å². The van der Waals surface area contributed by atoms with Gasteiger partial charge in [0.05, 0.1) is 12.7 Å². The van der Waals surface area contributed by atoms with Crippen molar-refractivity contribution in [2.75, 3.05) is 7.11 Å². The maximum absolute atomic E-state index is 13.2. The van der Waals surface area contributed by atoms with Crippen LogP contribution < -0.4 is 4.74 Å². The minimum atomic E-state index is -1.04. The van der Waals surface area contributed by atoms with E-state index in [-0.39, 0.29) is 6.42 Å². The van der Waals surface area contributed by atoms with Crippen molar-refractivity contribution in [3.05, 3.63) is 65.2 Å². The first-order valence-electron chi connectivity index (χ1n) is 6.69. The van der Waals surface area contributed by atoms with Crippen LogP contribution in [0.3, 0.4) is 0 Å². The standard InChI is InChI=1S/C17H18F2O2/c1-17(20,10-12-3-6-14(21-2)7-4-12)11-13-5-8-15(18)16(19)9-13/h3-9,20H,10-11H2,1-2H3. The lowest BCUT2D eigenvalue weighted by atomic mass is 9.90. The van der Waals surface area contributed by atoms with Crippen molar-refractivity contribution in [3.8, 4) is 5.75 Å². The van der Waals surface area contributed by atoms with Crippen molar-refractivity contribution in [2.45, 2.75) is 25.4 Å². The van der Waals surface area contributed by atoms with Gasteiger partial charge in [-0.15, -0.1) is 0 Å². The fourth-order valence-electron chi connectivity index (χ4n) is 2.33. The van der Waals surface area contributed by atoms with E-state index in [0.29, 0.717) is 12.0 Å². The van der Waals surface area contributed by atoms with Crippen LogP contribution in [-0.4, -0.2) is 17.8 Å². The molecule has 0 amide bonds. The summed E-state index contributed by atoms with van der Waals surface area (Å²) in [4.78, 5) is 0. The second kappa shape index (κ2) is 6.22. The van der Waals surface area contributed by atoms with Crippen LogP contribution in [0.5, 0.6) is 5.75 Å². The lowest BCUT2D eigenvalue weighted by Gasteiger charge is -2.23. The molecule has 0 aromatic heterocycles. The Bertz CT molecular complexity index is 607. The molecular weight excluding hydrogens is 274 g/mol. The lowest BCUT2D eigenvalue weighted by Crippen LogP contribution is -2.30. The molecular formula is C17H18F2O2. The Morgan fingerprint density at radius 2 is 1.52 bits per heavy atom. The smallest absolute Gasteiger partial charge is 0.159 e. The van der Waals surface area contributed by atoms with Crippen LogP contribution >= 0.6 is 0 Å². The molecule has 2 aromatic carbocycles. The Hall–Kier alpha value is -1.94. The Morgan fingerprint density at radius 1 is 0.952 bits per heavy atom. The summed E-state index contributed by atoms with van der Waals surface area (Å²) in [7, 11) is 1.59. The summed E-state index contributed by atoms with van der Waals surface area (Å²) in [5.74, 6) is -1.03. The molecule has 2 rings (SSSR count). The van der Waals surface area contributed by atoms with Gasteiger partial charge in [-0.25, -0.2) is 8.78 Å². The normalized spacial score (nSPS) is 13.8. The third-order valence-corrected chi connectivity index (χ3v) is 3.31.